The van der Waals surface area contributed by atoms with Gasteiger partial charge in [-0.3, -0.25) is 0 Å². The van der Waals surface area contributed by atoms with Crippen LogP contribution in [0.5, 0.6) is 5.75 Å². The molecule has 0 fully saturated rings. The predicted octanol–water partition coefficient (Wildman–Crippen LogP) is 5.59. The lowest BCUT2D eigenvalue weighted by molar-refractivity contribution is -0.274. The van der Waals surface area contributed by atoms with Crippen LogP contribution in [0.15, 0.2) is 60.7 Å². The first-order valence-corrected chi connectivity index (χ1v) is 7.57. The summed E-state index contributed by atoms with van der Waals surface area (Å²) in [6.07, 6.45) is -2.98. The van der Waals surface area contributed by atoms with Gasteiger partial charge in [0.15, 0.2) is 0 Å². The average molecular weight is 336 g/mol. The zero-order chi connectivity index (χ0) is 17.6. The van der Waals surface area contributed by atoms with Gasteiger partial charge in [0.25, 0.3) is 0 Å². The number of hydrogen-bond acceptors (Lipinski definition) is 2. The SMILES string of the molecule is C/C=C(/c1ccc(OC(F)(F)F)cc1)C(C)OCc1ccccc1. The third-order valence-electron chi connectivity index (χ3n) is 3.51. The first-order valence-electron chi connectivity index (χ1n) is 7.57. The highest BCUT2D eigenvalue weighted by Crippen LogP contribution is 2.27. The first-order chi connectivity index (χ1) is 11.4. The Bertz CT molecular complexity index is 661. The molecule has 0 saturated carbocycles. The Hall–Kier alpha value is -2.27. The van der Waals surface area contributed by atoms with Gasteiger partial charge in [-0.25, -0.2) is 0 Å². The van der Waals surface area contributed by atoms with Crippen molar-refractivity contribution in [1.82, 2.24) is 0 Å². The molecule has 0 aliphatic carbocycles. The van der Waals surface area contributed by atoms with E-state index in [-0.39, 0.29) is 11.9 Å². The highest BCUT2D eigenvalue weighted by molar-refractivity contribution is 5.68. The van der Waals surface area contributed by atoms with Crippen molar-refractivity contribution in [2.24, 2.45) is 0 Å². The Morgan fingerprint density at radius 2 is 1.67 bits per heavy atom. The molecule has 0 spiro atoms. The van der Waals surface area contributed by atoms with Crippen LogP contribution in [-0.4, -0.2) is 12.5 Å². The summed E-state index contributed by atoms with van der Waals surface area (Å²) >= 11 is 0. The molecule has 2 nitrogen and oxygen atoms in total. The van der Waals surface area contributed by atoms with Gasteiger partial charge in [-0.1, -0.05) is 48.5 Å². The molecule has 0 aliphatic heterocycles. The number of rotatable bonds is 6. The van der Waals surface area contributed by atoms with E-state index in [4.69, 9.17) is 4.74 Å². The minimum atomic E-state index is -4.68. The Balaban J connectivity index is 2.02. The van der Waals surface area contributed by atoms with E-state index in [0.29, 0.717) is 6.61 Å². The van der Waals surface area contributed by atoms with E-state index in [1.54, 1.807) is 12.1 Å². The Kier molecular flexibility index (Phi) is 6.04. The van der Waals surface area contributed by atoms with Crippen molar-refractivity contribution in [3.8, 4) is 5.75 Å². The van der Waals surface area contributed by atoms with Crippen LogP contribution in [0.3, 0.4) is 0 Å². The summed E-state index contributed by atoms with van der Waals surface area (Å²) in [6, 6.07) is 15.6. The molecule has 0 aromatic heterocycles. The molecule has 0 bridgehead atoms. The Morgan fingerprint density at radius 1 is 1.04 bits per heavy atom. The summed E-state index contributed by atoms with van der Waals surface area (Å²) in [5.74, 6) is -0.237. The number of alkyl halides is 3. The van der Waals surface area contributed by atoms with Crippen LogP contribution in [0.2, 0.25) is 0 Å². The first kappa shape index (κ1) is 18.1. The van der Waals surface area contributed by atoms with E-state index in [9.17, 15) is 13.2 Å². The van der Waals surface area contributed by atoms with Crippen molar-refractivity contribution in [2.75, 3.05) is 0 Å². The van der Waals surface area contributed by atoms with E-state index < -0.39 is 6.36 Å². The van der Waals surface area contributed by atoms with E-state index in [1.165, 1.54) is 12.1 Å². The van der Waals surface area contributed by atoms with Gasteiger partial charge < -0.3 is 9.47 Å². The normalized spacial score (nSPS) is 13.6. The second kappa shape index (κ2) is 8.02. The van der Waals surface area contributed by atoms with E-state index in [0.717, 1.165) is 16.7 Å². The standard InChI is InChI=1S/C19H19F3O2/c1-3-18(14(2)23-13-15-7-5-4-6-8-15)16-9-11-17(12-10-16)24-19(20,21)22/h3-12,14H,13H2,1-2H3/b18-3+. The molecule has 5 heteroatoms. The summed E-state index contributed by atoms with van der Waals surface area (Å²) in [7, 11) is 0. The monoisotopic (exact) mass is 336 g/mol. The molecule has 24 heavy (non-hydrogen) atoms. The fourth-order valence-corrected chi connectivity index (χ4v) is 2.37. The van der Waals surface area contributed by atoms with Crippen LogP contribution in [0, 0.1) is 0 Å². The molecule has 0 N–H and O–H groups in total. The summed E-state index contributed by atoms with van der Waals surface area (Å²) in [5, 5.41) is 0. The molecule has 1 atom stereocenters. The second-order valence-corrected chi connectivity index (χ2v) is 5.26. The molecule has 2 rings (SSSR count). The van der Waals surface area contributed by atoms with Crippen LogP contribution in [0.25, 0.3) is 5.57 Å². The lowest BCUT2D eigenvalue weighted by Crippen LogP contribution is -2.17. The zero-order valence-electron chi connectivity index (χ0n) is 13.5. The van der Waals surface area contributed by atoms with Crippen molar-refractivity contribution in [2.45, 2.75) is 32.9 Å². The second-order valence-electron chi connectivity index (χ2n) is 5.26. The predicted molar refractivity (Wildman–Crippen MR) is 87.5 cm³/mol. The van der Waals surface area contributed by atoms with E-state index >= 15 is 0 Å². The third kappa shape index (κ3) is 5.42. The molecule has 1 unspecified atom stereocenters. The summed E-state index contributed by atoms with van der Waals surface area (Å²) in [5.41, 5.74) is 2.77. The van der Waals surface area contributed by atoms with Gasteiger partial charge >= 0.3 is 6.36 Å². The maximum absolute atomic E-state index is 12.2. The number of halogens is 3. The lowest BCUT2D eigenvalue weighted by atomic mass is 10.0. The molecular formula is C19H19F3O2. The van der Waals surface area contributed by atoms with E-state index in [1.807, 2.05) is 50.3 Å². The molecule has 2 aromatic carbocycles. The highest BCUT2D eigenvalue weighted by atomic mass is 19.4. The topological polar surface area (TPSA) is 18.5 Å². The molecule has 0 radical (unpaired) electrons. The molecule has 0 heterocycles. The average Bonchev–Trinajstić information content (AvgIpc) is 2.55. The Labute approximate surface area is 139 Å². The van der Waals surface area contributed by atoms with Gasteiger partial charge in [0.1, 0.15) is 5.75 Å². The molecule has 0 amide bonds. The molecule has 0 saturated heterocycles. The summed E-state index contributed by atoms with van der Waals surface area (Å²) < 4.78 is 46.4. The number of hydrogen-bond donors (Lipinski definition) is 0. The highest BCUT2D eigenvalue weighted by Gasteiger charge is 2.31. The van der Waals surface area contributed by atoms with Gasteiger partial charge in [-0.05, 0) is 42.7 Å². The number of benzene rings is 2. The molecule has 2 aromatic rings. The number of allylic oxidation sites excluding steroid dienone is 1. The largest absolute Gasteiger partial charge is 0.573 e. The van der Waals surface area contributed by atoms with Crippen molar-refractivity contribution in [1.29, 1.82) is 0 Å². The van der Waals surface area contributed by atoms with Crippen LogP contribution in [-0.2, 0) is 11.3 Å². The van der Waals surface area contributed by atoms with Crippen LogP contribution in [0.1, 0.15) is 25.0 Å². The summed E-state index contributed by atoms with van der Waals surface area (Å²) in [6.45, 7) is 4.25. The van der Waals surface area contributed by atoms with Gasteiger partial charge in [0, 0.05) is 0 Å². The zero-order valence-corrected chi connectivity index (χ0v) is 13.5. The quantitative estimate of drug-likeness (QED) is 0.684. The smallest absolute Gasteiger partial charge is 0.406 e. The maximum Gasteiger partial charge on any atom is 0.573 e. The fourth-order valence-electron chi connectivity index (χ4n) is 2.37. The lowest BCUT2D eigenvalue weighted by Gasteiger charge is -2.18. The minimum Gasteiger partial charge on any atom is -0.406 e. The molecule has 0 aliphatic rings. The van der Waals surface area contributed by atoms with E-state index in [2.05, 4.69) is 4.74 Å². The maximum atomic E-state index is 12.2. The van der Waals surface area contributed by atoms with Crippen LogP contribution >= 0.6 is 0 Å². The van der Waals surface area contributed by atoms with Crippen molar-refractivity contribution in [3.63, 3.8) is 0 Å². The minimum absolute atomic E-state index is 0.190. The van der Waals surface area contributed by atoms with Gasteiger partial charge in [0.05, 0.1) is 12.7 Å². The van der Waals surface area contributed by atoms with Crippen molar-refractivity contribution >= 4 is 5.57 Å². The molecule has 128 valence electrons. The van der Waals surface area contributed by atoms with Crippen molar-refractivity contribution in [3.05, 3.63) is 71.8 Å². The number of ether oxygens (including phenoxy) is 2. The van der Waals surface area contributed by atoms with Crippen LogP contribution < -0.4 is 4.74 Å². The van der Waals surface area contributed by atoms with Crippen molar-refractivity contribution < 1.29 is 22.6 Å². The van der Waals surface area contributed by atoms with Crippen LogP contribution in [0.4, 0.5) is 13.2 Å². The third-order valence-corrected chi connectivity index (χ3v) is 3.51. The molecular weight excluding hydrogens is 317 g/mol. The van der Waals surface area contributed by atoms with Gasteiger partial charge in [-0.2, -0.15) is 0 Å². The summed E-state index contributed by atoms with van der Waals surface area (Å²) in [4.78, 5) is 0. The fraction of sp³-hybridized carbons (Fsp3) is 0.263. The van der Waals surface area contributed by atoms with Gasteiger partial charge in [-0.15, -0.1) is 13.2 Å². The van der Waals surface area contributed by atoms with Gasteiger partial charge in [0.2, 0.25) is 0 Å². The Morgan fingerprint density at radius 3 is 2.21 bits per heavy atom.